The first-order chi connectivity index (χ1) is 7.47. The number of hydrogen-bond donors (Lipinski definition) is 1. The fraction of sp³-hybridized carbons (Fsp3) is 0.667. The molecule has 4 heteroatoms. The molecule has 16 heavy (non-hydrogen) atoms. The molecular formula is C12H22N4. The highest BCUT2D eigenvalue weighted by molar-refractivity contribution is 6.04. The Hall–Kier alpha value is -1.32. The Bertz CT molecular complexity index is 357. The van der Waals surface area contributed by atoms with Gasteiger partial charge in [0.2, 0.25) is 0 Å². The molecule has 0 radical (unpaired) electrons. The van der Waals surface area contributed by atoms with Gasteiger partial charge in [0.25, 0.3) is 0 Å². The second-order valence-corrected chi connectivity index (χ2v) is 4.50. The van der Waals surface area contributed by atoms with Gasteiger partial charge in [0.1, 0.15) is 5.69 Å². The SMILES string of the molecule is CCC(C)N=C(c1c(N)cnn1C)C(C)C. The molecule has 0 bridgehead atoms. The van der Waals surface area contributed by atoms with Gasteiger partial charge in [0.15, 0.2) is 0 Å². The average molecular weight is 222 g/mol. The third-order valence-electron chi connectivity index (χ3n) is 2.71. The van der Waals surface area contributed by atoms with Crippen LogP contribution in [-0.2, 0) is 7.05 Å². The number of rotatable bonds is 4. The van der Waals surface area contributed by atoms with Crippen LogP contribution >= 0.6 is 0 Å². The van der Waals surface area contributed by atoms with Crippen molar-refractivity contribution in [2.24, 2.45) is 18.0 Å². The molecular weight excluding hydrogens is 200 g/mol. The molecule has 4 nitrogen and oxygen atoms in total. The molecule has 0 aliphatic carbocycles. The number of aromatic nitrogens is 2. The summed E-state index contributed by atoms with van der Waals surface area (Å²) in [5.74, 6) is 0.353. The number of nitrogen functional groups attached to an aromatic ring is 1. The minimum atomic E-state index is 0.326. The molecule has 0 saturated heterocycles. The van der Waals surface area contributed by atoms with Crippen molar-refractivity contribution in [2.75, 3.05) is 5.73 Å². The lowest BCUT2D eigenvalue weighted by Crippen LogP contribution is -2.18. The van der Waals surface area contributed by atoms with Crippen molar-refractivity contribution in [1.29, 1.82) is 0 Å². The Morgan fingerprint density at radius 1 is 1.50 bits per heavy atom. The minimum absolute atomic E-state index is 0.326. The number of nitrogens with zero attached hydrogens (tertiary/aromatic N) is 3. The van der Waals surface area contributed by atoms with Gasteiger partial charge in [0, 0.05) is 13.1 Å². The van der Waals surface area contributed by atoms with Crippen molar-refractivity contribution in [3.8, 4) is 0 Å². The van der Waals surface area contributed by atoms with Gasteiger partial charge in [-0.3, -0.25) is 9.67 Å². The lowest BCUT2D eigenvalue weighted by molar-refractivity contribution is 0.695. The van der Waals surface area contributed by atoms with E-state index in [4.69, 9.17) is 10.7 Å². The summed E-state index contributed by atoms with van der Waals surface area (Å²) >= 11 is 0. The summed E-state index contributed by atoms with van der Waals surface area (Å²) in [7, 11) is 1.90. The van der Waals surface area contributed by atoms with Gasteiger partial charge in [-0.2, -0.15) is 5.10 Å². The van der Waals surface area contributed by atoms with Crippen LogP contribution in [0, 0.1) is 5.92 Å². The molecule has 0 amide bonds. The second-order valence-electron chi connectivity index (χ2n) is 4.50. The maximum absolute atomic E-state index is 5.93. The fourth-order valence-electron chi connectivity index (χ4n) is 1.58. The summed E-state index contributed by atoms with van der Waals surface area (Å²) in [6.45, 7) is 8.52. The molecule has 1 aromatic heterocycles. The van der Waals surface area contributed by atoms with E-state index in [1.165, 1.54) is 0 Å². The summed E-state index contributed by atoms with van der Waals surface area (Å²) in [4.78, 5) is 4.73. The molecule has 1 atom stereocenters. The third kappa shape index (κ3) is 2.62. The smallest absolute Gasteiger partial charge is 0.105 e. The first-order valence-electron chi connectivity index (χ1n) is 5.82. The predicted octanol–water partition coefficient (Wildman–Crippen LogP) is 2.25. The van der Waals surface area contributed by atoms with E-state index in [1.807, 2.05) is 7.05 Å². The molecule has 0 aliphatic heterocycles. The fourth-order valence-corrected chi connectivity index (χ4v) is 1.58. The lowest BCUT2D eigenvalue weighted by atomic mass is 10.0. The van der Waals surface area contributed by atoms with Gasteiger partial charge in [-0.05, 0) is 19.3 Å². The highest BCUT2D eigenvalue weighted by atomic mass is 15.3. The highest BCUT2D eigenvalue weighted by Gasteiger charge is 2.16. The van der Waals surface area contributed by atoms with Crippen LogP contribution in [0.2, 0.25) is 0 Å². The van der Waals surface area contributed by atoms with E-state index in [2.05, 4.69) is 32.8 Å². The molecule has 1 rings (SSSR count). The monoisotopic (exact) mass is 222 g/mol. The zero-order valence-corrected chi connectivity index (χ0v) is 10.9. The molecule has 0 fully saturated rings. The van der Waals surface area contributed by atoms with Crippen LogP contribution in [0.5, 0.6) is 0 Å². The molecule has 0 aromatic carbocycles. The average Bonchev–Trinajstić information content (AvgIpc) is 2.55. The Labute approximate surface area is 97.6 Å². The van der Waals surface area contributed by atoms with Gasteiger partial charge in [-0.15, -0.1) is 0 Å². The number of aryl methyl sites for hydroxylation is 1. The summed E-state index contributed by atoms with van der Waals surface area (Å²) < 4.78 is 1.80. The molecule has 1 heterocycles. The van der Waals surface area contributed by atoms with E-state index in [-0.39, 0.29) is 0 Å². The highest BCUT2D eigenvalue weighted by Crippen LogP contribution is 2.17. The van der Waals surface area contributed by atoms with Crippen LogP contribution in [0.15, 0.2) is 11.2 Å². The van der Waals surface area contributed by atoms with Crippen LogP contribution in [0.4, 0.5) is 5.69 Å². The topological polar surface area (TPSA) is 56.2 Å². The second kappa shape index (κ2) is 5.14. The Balaban J connectivity index is 3.18. The maximum atomic E-state index is 5.93. The number of aliphatic imine (C=N–C) groups is 1. The van der Waals surface area contributed by atoms with E-state index in [1.54, 1.807) is 10.9 Å². The van der Waals surface area contributed by atoms with Crippen LogP contribution in [0.3, 0.4) is 0 Å². The van der Waals surface area contributed by atoms with Crippen LogP contribution < -0.4 is 5.73 Å². The van der Waals surface area contributed by atoms with E-state index < -0.39 is 0 Å². The summed E-state index contributed by atoms with van der Waals surface area (Å²) in [6.07, 6.45) is 2.72. The van der Waals surface area contributed by atoms with Crippen LogP contribution in [-0.4, -0.2) is 21.5 Å². The van der Waals surface area contributed by atoms with E-state index in [0.717, 1.165) is 17.8 Å². The quantitative estimate of drug-likeness (QED) is 0.794. The van der Waals surface area contributed by atoms with Crippen LogP contribution in [0.1, 0.15) is 39.8 Å². The predicted molar refractivity (Wildman–Crippen MR) is 68.7 cm³/mol. The summed E-state index contributed by atoms with van der Waals surface area (Å²) in [5, 5.41) is 4.16. The zero-order valence-electron chi connectivity index (χ0n) is 10.9. The summed E-state index contributed by atoms with van der Waals surface area (Å²) in [5.41, 5.74) is 8.64. The van der Waals surface area contributed by atoms with Gasteiger partial charge >= 0.3 is 0 Å². The minimum Gasteiger partial charge on any atom is -0.396 e. The van der Waals surface area contributed by atoms with Gasteiger partial charge in [0.05, 0.1) is 17.6 Å². The third-order valence-corrected chi connectivity index (χ3v) is 2.71. The van der Waals surface area contributed by atoms with E-state index >= 15 is 0 Å². The maximum Gasteiger partial charge on any atom is 0.105 e. The van der Waals surface area contributed by atoms with Crippen molar-refractivity contribution in [3.63, 3.8) is 0 Å². The van der Waals surface area contributed by atoms with Crippen molar-refractivity contribution in [2.45, 2.75) is 40.2 Å². The standard InChI is InChI=1S/C12H22N4/c1-6-9(4)15-11(8(2)3)12-10(13)7-14-16(12)5/h7-9H,6,13H2,1-5H3. The van der Waals surface area contributed by atoms with Gasteiger partial charge in [-0.25, -0.2) is 0 Å². The lowest BCUT2D eigenvalue weighted by Gasteiger charge is -2.14. The Morgan fingerprint density at radius 3 is 2.50 bits per heavy atom. The van der Waals surface area contributed by atoms with Crippen molar-refractivity contribution in [1.82, 2.24) is 9.78 Å². The first kappa shape index (κ1) is 12.7. The van der Waals surface area contributed by atoms with Crippen LogP contribution in [0.25, 0.3) is 0 Å². The molecule has 1 aromatic rings. The normalized spacial score (nSPS) is 14.5. The number of nitrogens with two attached hydrogens (primary N) is 1. The van der Waals surface area contributed by atoms with E-state index in [0.29, 0.717) is 17.6 Å². The number of hydrogen-bond acceptors (Lipinski definition) is 3. The van der Waals surface area contributed by atoms with Crippen molar-refractivity contribution < 1.29 is 0 Å². The molecule has 0 saturated carbocycles. The molecule has 1 unspecified atom stereocenters. The zero-order chi connectivity index (χ0) is 12.3. The molecule has 90 valence electrons. The Kier molecular flexibility index (Phi) is 4.10. The molecule has 2 N–H and O–H groups in total. The van der Waals surface area contributed by atoms with Crippen molar-refractivity contribution in [3.05, 3.63) is 11.9 Å². The largest absolute Gasteiger partial charge is 0.396 e. The first-order valence-corrected chi connectivity index (χ1v) is 5.82. The molecule has 0 aliphatic rings. The number of anilines is 1. The molecule has 0 spiro atoms. The summed E-state index contributed by atoms with van der Waals surface area (Å²) in [6, 6.07) is 0.326. The van der Waals surface area contributed by atoms with Gasteiger partial charge in [-0.1, -0.05) is 20.8 Å². The van der Waals surface area contributed by atoms with E-state index in [9.17, 15) is 0 Å². The van der Waals surface area contributed by atoms with Crippen molar-refractivity contribution >= 4 is 11.4 Å². The Morgan fingerprint density at radius 2 is 2.12 bits per heavy atom. The van der Waals surface area contributed by atoms with Gasteiger partial charge < -0.3 is 5.73 Å².